The van der Waals surface area contributed by atoms with Crippen LogP contribution in [0.3, 0.4) is 0 Å². The predicted octanol–water partition coefficient (Wildman–Crippen LogP) is -0.0627. The highest BCUT2D eigenvalue weighted by Gasteiger charge is 2.13. The lowest BCUT2D eigenvalue weighted by Crippen LogP contribution is -2.10. The van der Waals surface area contributed by atoms with Crippen molar-refractivity contribution in [1.82, 2.24) is 29.7 Å². The van der Waals surface area contributed by atoms with Crippen LogP contribution in [-0.2, 0) is 7.05 Å². The van der Waals surface area contributed by atoms with Gasteiger partial charge in [-0.25, -0.2) is 4.98 Å². The Balaban J connectivity index is 2.29. The zero-order chi connectivity index (χ0) is 12.9. The van der Waals surface area contributed by atoms with Crippen LogP contribution in [0.4, 0.5) is 5.95 Å². The highest BCUT2D eigenvalue weighted by molar-refractivity contribution is 5.76. The second-order valence-electron chi connectivity index (χ2n) is 4.00. The minimum atomic E-state index is -0.335. The summed E-state index contributed by atoms with van der Waals surface area (Å²) < 4.78 is 1.73. The van der Waals surface area contributed by atoms with E-state index in [2.05, 4.69) is 25.0 Å². The van der Waals surface area contributed by atoms with Crippen LogP contribution in [0.25, 0.3) is 22.6 Å². The van der Waals surface area contributed by atoms with Gasteiger partial charge in [-0.2, -0.15) is 10.1 Å². The van der Waals surface area contributed by atoms with E-state index in [0.717, 1.165) is 11.3 Å². The van der Waals surface area contributed by atoms with Gasteiger partial charge in [0.25, 0.3) is 5.56 Å². The van der Waals surface area contributed by atoms with E-state index in [4.69, 9.17) is 5.73 Å². The van der Waals surface area contributed by atoms with Gasteiger partial charge >= 0.3 is 0 Å². The molecule has 18 heavy (non-hydrogen) atoms. The predicted molar refractivity (Wildman–Crippen MR) is 65.9 cm³/mol. The molecular formula is C10H11N7O. The quantitative estimate of drug-likeness (QED) is 0.555. The monoisotopic (exact) mass is 245 g/mol. The molecule has 0 aliphatic carbocycles. The Morgan fingerprint density at radius 3 is 2.78 bits per heavy atom. The molecule has 3 aromatic heterocycles. The number of nitrogens with zero attached hydrogens (tertiary/aromatic N) is 4. The van der Waals surface area contributed by atoms with Gasteiger partial charge < -0.3 is 10.7 Å². The molecule has 0 radical (unpaired) electrons. The van der Waals surface area contributed by atoms with Gasteiger partial charge in [-0.05, 0) is 6.92 Å². The van der Waals surface area contributed by atoms with Crippen molar-refractivity contribution in [3.63, 3.8) is 0 Å². The first-order valence-electron chi connectivity index (χ1n) is 5.30. The number of anilines is 1. The zero-order valence-corrected chi connectivity index (χ0v) is 9.85. The molecule has 8 heteroatoms. The average molecular weight is 245 g/mol. The van der Waals surface area contributed by atoms with Gasteiger partial charge in [0.15, 0.2) is 11.2 Å². The molecule has 3 heterocycles. The van der Waals surface area contributed by atoms with E-state index in [1.165, 1.54) is 0 Å². The molecule has 3 aromatic rings. The summed E-state index contributed by atoms with van der Waals surface area (Å²) in [4.78, 5) is 25.2. The third-order valence-corrected chi connectivity index (χ3v) is 2.87. The van der Waals surface area contributed by atoms with Crippen molar-refractivity contribution < 1.29 is 0 Å². The number of rotatable bonds is 1. The molecule has 0 spiro atoms. The topological polar surface area (TPSA) is 118 Å². The van der Waals surface area contributed by atoms with E-state index in [9.17, 15) is 4.79 Å². The first-order valence-corrected chi connectivity index (χ1v) is 5.30. The molecule has 0 fully saturated rings. The maximum Gasteiger partial charge on any atom is 0.278 e. The Labute approximate surface area is 101 Å². The Bertz CT molecular complexity index is 794. The summed E-state index contributed by atoms with van der Waals surface area (Å²) in [5.74, 6) is 0.604. The molecule has 0 bridgehead atoms. The van der Waals surface area contributed by atoms with Crippen molar-refractivity contribution in [2.24, 2.45) is 7.05 Å². The highest BCUT2D eigenvalue weighted by atomic mass is 16.1. The minimum absolute atomic E-state index is 0.0495. The Kier molecular flexibility index (Phi) is 2.00. The minimum Gasteiger partial charge on any atom is -0.369 e. The summed E-state index contributed by atoms with van der Waals surface area (Å²) in [6.07, 6.45) is 1.69. The number of aromatic amines is 2. The molecule has 3 rings (SSSR count). The van der Waals surface area contributed by atoms with Gasteiger partial charge in [0.05, 0.1) is 11.8 Å². The summed E-state index contributed by atoms with van der Waals surface area (Å²) in [6.45, 7) is 1.92. The van der Waals surface area contributed by atoms with Crippen molar-refractivity contribution in [1.29, 1.82) is 0 Å². The molecule has 8 nitrogen and oxygen atoms in total. The number of H-pyrrole nitrogens is 2. The first kappa shape index (κ1) is 10.5. The molecule has 0 unspecified atom stereocenters. The van der Waals surface area contributed by atoms with Crippen LogP contribution >= 0.6 is 0 Å². The van der Waals surface area contributed by atoms with Crippen molar-refractivity contribution in [2.75, 3.05) is 5.73 Å². The van der Waals surface area contributed by atoms with Crippen LogP contribution in [0, 0.1) is 6.92 Å². The van der Waals surface area contributed by atoms with Crippen LogP contribution in [-0.4, -0.2) is 29.7 Å². The van der Waals surface area contributed by atoms with Crippen LogP contribution < -0.4 is 11.3 Å². The van der Waals surface area contributed by atoms with Crippen molar-refractivity contribution in [3.8, 4) is 11.4 Å². The van der Waals surface area contributed by atoms with Crippen LogP contribution in [0.15, 0.2) is 11.0 Å². The van der Waals surface area contributed by atoms with E-state index in [1.807, 2.05) is 14.0 Å². The highest BCUT2D eigenvalue weighted by Crippen LogP contribution is 2.20. The summed E-state index contributed by atoms with van der Waals surface area (Å²) in [5.41, 5.74) is 7.51. The van der Waals surface area contributed by atoms with Crippen LogP contribution in [0.5, 0.6) is 0 Å². The number of nitrogen functional groups attached to an aromatic ring is 1. The van der Waals surface area contributed by atoms with Gasteiger partial charge in [-0.3, -0.25) is 14.5 Å². The zero-order valence-electron chi connectivity index (χ0n) is 9.85. The molecule has 4 N–H and O–H groups in total. The number of aryl methyl sites for hydroxylation is 1. The van der Waals surface area contributed by atoms with E-state index in [-0.39, 0.29) is 11.5 Å². The number of aromatic nitrogens is 6. The fourth-order valence-electron chi connectivity index (χ4n) is 1.78. The number of hydrogen-bond donors (Lipinski definition) is 3. The third-order valence-electron chi connectivity index (χ3n) is 2.87. The Morgan fingerprint density at radius 2 is 2.11 bits per heavy atom. The molecule has 92 valence electrons. The SMILES string of the molecule is Cc1c(-c2nc3nc(N)[nH]c(=O)c3[nH]2)cnn1C. The van der Waals surface area contributed by atoms with Crippen LogP contribution in [0.1, 0.15) is 5.69 Å². The lowest BCUT2D eigenvalue weighted by molar-refractivity contribution is 0.740. The maximum atomic E-state index is 11.7. The van der Waals surface area contributed by atoms with E-state index in [1.54, 1.807) is 10.9 Å². The second-order valence-corrected chi connectivity index (χ2v) is 4.00. The van der Waals surface area contributed by atoms with Crippen molar-refractivity contribution in [3.05, 3.63) is 22.2 Å². The van der Waals surface area contributed by atoms with E-state index < -0.39 is 0 Å². The fourth-order valence-corrected chi connectivity index (χ4v) is 1.78. The molecule has 0 aromatic carbocycles. The summed E-state index contributed by atoms with van der Waals surface area (Å²) in [5, 5.41) is 4.13. The molecule has 0 atom stereocenters. The fraction of sp³-hybridized carbons (Fsp3) is 0.200. The van der Waals surface area contributed by atoms with E-state index in [0.29, 0.717) is 17.0 Å². The smallest absolute Gasteiger partial charge is 0.278 e. The molecule has 0 amide bonds. The lowest BCUT2D eigenvalue weighted by atomic mass is 10.2. The number of nitrogens with one attached hydrogen (secondary N) is 2. The standard InChI is InChI=1S/C10H11N7O/c1-4-5(3-12-17(4)2)7-13-6-8(14-7)15-10(11)16-9(6)18/h3H,1-2H3,(H4,11,13,14,15,16,18). The third kappa shape index (κ3) is 1.39. The molecule has 0 aliphatic rings. The van der Waals surface area contributed by atoms with Crippen molar-refractivity contribution >= 4 is 17.1 Å². The van der Waals surface area contributed by atoms with Gasteiger partial charge in [-0.15, -0.1) is 0 Å². The Hall–Kier alpha value is -2.64. The Morgan fingerprint density at radius 1 is 1.33 bits per heavy atom. The first-order chi connectivity index (χ1) is 8.56. The summed E-state index contributed by atoms with van der Waals surface area (Å²) in [7, 11) is 1.84. The number of hydrogen-bond acceptors (Lipinski definition) is 5. The molecule has 0 aliphatic heterocycles. The van der Waals surface area contributed by atoms with Gasteiger partial charge in [0.2, 0.25) is 5.95 Å². The number of nitrogens with two attached hydrogens (primary N) is 1. The molecular weight excluding hydrogens is 234 g/mol. The normalized spacial score (nSPS) is 11.2. The van der Waals surface area contributed by atoms with Gasteiger partial charge in [0, 0.05) is 12.7 Å². The lowest BCUT2D eigenvalue weighted by Gasteiger charge is -1.95. The number of fused-ring (bicyclic) bond motifs is 1. The van der Waals surface area contributed by atoms with Crippen molar-refractivity contribution in [2.45, 2.75) is 6.92 Å². The van der Waals surface area contributed by atoms with Gasteiger partial charge in [0.1, 0.15) is 5.82 Å². The number of imidazole rings is 1. The van der Waals surface area contributed by atoms with Crippen LogP contribution in [0.2, 0.25) is 0 Å². The molecule has 0 saturated heterocycles. The maximum absolute atomic E-state index is 11.7. The summed E-state index contributed by atoms with van der Waals surface area (Å²) >= 11 is 0. The van der Waals surface area contributed by atoms with E-state index >= 15 is 0 Å². The second kappa shape index (κ2) is 3.42. The largest absolute Gasteiger partial charge is 0.369 e. The average Bonchev–Trinajstić information content (AvgIpc) is 2.84. The molecule has 0 saturated carbocycles. The van der Waals surface area contributed by atoms with Gasteiger partial charge in [-0.1, -0.05) is 0 Å². The summed E-state index contributed by atoms with van der Waals surface area (Å²) in [6, 6.07) is 0.